The van der Waals surface area contributed by atoms with E-state index in [9.17, 15) is 10.1 Å². The van der Waals surface area contributed by atoms with Gasteiger partial charge < -0.3 is 10.2 Å². The van der Waals surface area contributed by atoms with Gasteiger partial charge in [0, 0.05) is 31.3 Å². The number of nitro benzene ring substituents is 1. The number of likely N-dealkylation sites (N-methyl/N-ethyl adjacent to an activating group) is 1. The lowest BCUT2D eigenvalue weighted by atomic mass is 10.1. The molecule has 0 saturated carbocycles. The lowest BCUT2D eigenvalue weighted by Crippen LogP contribution is -2.28. The first-order valence-corrected chi connectivity index (χ1v) is 5.63. The molecule has 0 aromatic heterocycles. The first-order valence-electron chi connectivity index (χ1n) is 5.63. The minimum atomic E-state index is -0.365. The molecule has 0 bridgehead atoms. The maximum atomic E-state index is 10.7. The molecular formula is C12H19N3O2. The van der Waals surface area contributed by atoms with Crippen molar-refractivity contribution >= 4 is 5.69 Å². The number of non-ortho nitro benzene ring substituents is 1. The summed E-state index contributed by atoms with van der Waals surface area (Å²) in [5.74, 6) is 0. The van der Waals surface area contributed by atoms with E-state index in [0.29, 0.717) is 0 Å². The van der Waals surface area contributed by atoms with Crippen molar-refractivity contribution in [2.75, 3.05) is 27.2 Å². The fourth-order valence-electron chi connectivity index (χ4n) is 1.53. The van der Waals surface area contributed by atoms with Gasteiger partial charge in [0.25, 0.3) is 5.69 Å². The number of nitrogens with one attached hydrogen (secondary N) is 1. The Kier molecular flexibility index (Phi) is 5.06. The van der Waals surface area contributed by atoms with E-state index >= 15 is 0 Å². The van der Waals surface area contributed by atoms with Gasteiger partial charge in [-0.1, -0.05) is 12.1 Å². The van der Waals surface area contributed by atoms with Gasteiger partial charge >= 0.3 is 0 Å². The summed E-state index contributed by atoms with van der Waals surface area (Å²) in [5.41, 5.74) is 1.08. The molecular weight excluding hydrogens is 218 g/mol. The highest BCUT2D eigenvalue weighted by atomic mass is 16.6. The quantitative estimate of drug-likeness (QED) is 0.605. The van der Waals surface area contributed by atoms with E-state index in [1.807, 2.05) is 27.1 Å². The van der Waals surface area contributed by atoms with Crippen LogP contribution < -0.4 is 5.32 Å². The van der Waals surface area contributed by atoms with Crippen LogP contribution in [0, 0.1) is 10.1 Å². The topological polar surface area (TPSA) is 58.4 Å². The Bertz CT molecular complexity index is 380. The summed E-state index contributed by atoms with van der Waals surface area (Å²) < 4.78 is 0. The molecule has 94 valence electrons. The summed E-state index contributed by atoms with van der Waals surface area (Å²) in [6.45, 7) is 3.81. The summed E-state index contributed by atoms with van der Waals surface area (Å²) in [5, 5.41) is 14.0. The van der Waals surface area contributed by atoms with Crippen LogP contribution in [-0.4, -0.2) is 37.0 Å². The lowest BCUT2D eigenvalue weighted by Gasteiger charge is -2.16. The molecule has 1 N–H and O–H groups in total. The lowest BCUT2D eigenvalue weighted by molar-refractivity contribution is -0.384. The van der Waals surface area contributed by atoms with Crippen LogP contribution >= 0.6 is 0 Å². The van der Waals surface area contributed by atoms with Crippen molar-refractivity contribution in [3.05, 3.63) is 39.9 Å². The molecule has 0 spiro atoms. The van der Waals surface area contributed by atoms with Crippen molar-refractivity contribution in [2.24, 2.45) is 0 Å². The van der Waals surface area contributed by atoms with Crippen LogP contribution in [0.3, 0.4) is 0 Å². The summed E-state index contributed by atoms with van der Waals surface area (Å²) in [7, 11) is 4.03. The third-order valence-corrected chi connectivity index (χ3v) is 2.59. The Morgan fingerprint density at radius 3 is 2.76 bits per heavy atom. The van der Waals surface area contributed by atoms with Gasteiger partial charge in [-0.25, -0.2) is 0 Å². The molecule has 0 aliphatic heterocycles. The third kappa shape index (κ3) is 4.50. The largest absolute Gasteiger partial charge is 0.309 e. The number of benzene rings is 1. The van der Waals surface area contributed by atoms with E-state index in [2.05, 4.69) is 10.2 Å². The zero-order valence-electron chi connectivity index (χ0n) is 10.5. The van der Waals surface area contributed by atoms with Crippen LogP contribution in [0.1, 0.15) is 18.5 Å². The highest BCUT2D eigenvalue weighted by molar-refractivity contribution is 5.35. The summed E-state index contributed by atoms with van der Waals surface area (Å²) in [4.78, 5) is 12.4. The van der Waals surface area contributed by atoms with Gasteiger partial charge in [0.2, 0.25) is 0 Å². The molecule has 0 amide bonds. The Balaban J connectivity index is 2.59. The van der Waals surface area contributed by atoms with Crippen LogP contribution in [0.5, 0.6) is 0 Å². The Morgan fingerprint density at radius 2 is 2.18 bits per heavy atom. The molecule has 0 aliphatic carbocycles. The van der Waals surface area contributed by atoms with Gasteiger partial charge in [-0.05, 0) is 26.6 Å². The average Bonchev–Trinajstić information content (AvgIpc) is 2.28. The number of nitro groups is 1. The Labute approximate surface area is 102 Å². The predicted molar refractivity (Wildman–Crippen MR) is 68.1 cm³/mol. The molecule has 1 aromatic rings. The van der Waals surface area contributed by atoms with E-state index in [0.717, 1.165) is 18.7 Å². The molecule has 0 aliphatic rings. The number of nitrogens with zero attached hydrogens (tertiary/aromatic N) is 2. The molecule has 5 heteroatoms. The van der Waals surface area contributed by atoms with E-state index < -0.39 is 0 Å². The van der Waals surface area contributed by atoms with E-state index in [4.69, 9.17) is 0 Å². The molecule has 1 aromatic carbocycles. The first-order chi connectivity index (χ1) is 8.00. The van der Waals surface area contributed by atoms with Crippen molar-refractivity contribution in [1.82, 2.24) is 10.2 Å². The average molecular weight is 237 g/mol. The fourth-order valence-corrected chi connectivity index (χ4v) is 1.53. The van der Waals surface area contributed by atoms with Gasteiger partial charge in [0.05, 0.1) is 4.92 Å². The molecule has 0 saturated heterocycles. The smallest absolute Gasteiger partial charge is 0.269 e. The summed E-state index contributed by atoms with van der Waals surface area (Å²) >= 11 is 0. The monoisotopic (exact) mass is 237 g/mol. The number of rotatable bonds is 6. The molecule has 1 unspecified atom stereocenters. The molecule has 1 rings (SSSR count). The van der Waals surface area contributed by atoms with Gasteiger partial charge in [-0.3, -0.25) is 10.1 Å². The number of hydrogen-bond acceptors (Lipinski definition) is 4. The van der Waals surface area contributed by atoms with Gasteiger partial charge in [-0.2, -0.15) is 0 Å². The minimum Gasteiger partial charge on any atom is -0.309 e. The highest BCUT2D eigenvalue weighted by Gasteiger charge is 2.10. The molecule has 17 heavy (non-hydrogen) atoms. The highest BCUT2D eigenvalue weighted by Crippen LogP contribution is 2.18. The first kappa shape index (κ1) is 13.6. The number of hydrogen-bond donors (Lipinski definition) is 1. The normalized spacial score (nSPS) is 12.7. The third-order valence-electron chi connectivity index (χ3n) is 2.59. The van der Waals surface area contributed by atoms with Crippen LogP contribution in [0.4, 0.5) is 5.69 Å². The molecule has 5 nitrogen and oxygen atoms in total. The SMILES string of the molecule is CC(NCCN(C)C)c1cccc([N+](=O)[O-])c1. The maximum Gasteiger partial charge on any atom is 0.269 e. The van der Waals surface area contributed by atoms with Crippen LogP contribution in [0.25, 0.3) is 0 Å². The van der Waals surface area contributed by atoms with E-state index in [-0.39, 0.29) is 16.7 Å². The van der Waals surface area contributed by atoms with Crippen molar-refractivity contribution in [1.29, 1.82) is 0 Å². The predicted octanol–water partition coefficient (Wildman–Crippen LogP) is 1.81. The van der Waals surface area contributed by atoms with Gasteiger partial charge in [0.1, 0.15) is 0 Å². The minimum absolute atomic E-state index is 0.120. The van der Waals surface area contributed by atoms with Crippen molar-refractivity contribution in [3.8, 4) is 0 Å². The van der Waals surface area contributed by atoms with E-state index in [1.165, 1.54) is 6.07 Å². The molecule has 1 atom stereocenters. The molecule has 0 heterocycles. The maximum absolute atomic E-state index is 10.7. The molecule has 0 fully saturated rings. The second kappa shape index (κ2) is 6.32. The standard InChI is InChI=1S/C12H19N3O2/c1-10(13-7-8-14(2)3)11-5-4-6-12(9-11)15(16)17/h4-6,9-10,13H,7-8H2,1-3H3. The fraction of sp³-hybridized carbons (Fsp3) is 0.500. The van der Waals surface area contributed by atoms with Crippen molar-refractivity contribution < 1.29 is 4.92 Å². The zero-order chi connectivity index (χ0) is 12.8. The van der Waals surface area contributed by atoms with Crippen molar-refractivity contribution in [2.45, 2.75) is 13.0 Å². The van der Waals surface area contributed by atoms with E-state index in [1.54, 1.807) is 12.1 Å². The second-order valence-electron chi connectivity index (χ2n) is 4.33. The van der Waals surface area contributed by atoms with Crippen LogP contribution in [0.2, 0.25) is 0 Å². The van der Waals surface area contributed by atoms with Gasteiger partial charge in [-0.15, -0.1) is 0 Å². The summed E-state index contributed by atoms with van der Waals surface area (Å²) in [6.07, 6.45) is 0. The summed E-state index contributed by atoms with van der Waals surface area (Å²) in [6, 6.07) is 6.87. The Hall–Kier alpha value is -1.46. The zero-order valence-corrected chi connectivity index (χ0v) is 10.5. The van der Waals surface area contributed by atoms with Crippen LogP contribution in [-0.2, 0) is 0 Å². The van der Waals surface area contributed by atoms with Crippen LogP contribution in [0.15, 0.2) is 24.3 Å². The second-order valence-corrected chi connectivity index (χ2v) is 4.33. The van der Waals surface area contributed by atoms with Crippen molar-refractivity contribution in [3.63, 3.8) is 0 Å². The Morgan fingerprint density at radius 1 is 1.47 bits per heavy atom. The molecule has 0 radical (unpaired) electrons. The van der Waals surface area contributed by atoms with Gasteiger partial charge in [0.15, 0.2) is 0 Å².